The van der Waals surface area contributed by atoms with Gasteiger partial charge in [0, 0.05) is 34.9 Å². The predicted molar refractivity (Wildman–Crippen MR) is 222 cm³/mol. The summed E-state index contributed by atoms with van der Waals surface area (Å²) in [7, 11) is -8.26. The average molecular weight is 1010 g/mol. The van der Waals surface area contributed by atoms with Crippen molar-refractivity contribution in [3.63, 3.8) is 0 Å². The van der Waals surface area contributed by atoms with Crippen LogP contribution in [-0.4, -0.2) is 89.0 Å². The zero-order valence-corrected chi connectivity index (χ0v) is 37.6. The van der Waals surface area contributed by atoms with Gasteiger partial charge >= 0.3 is 12.4 Å². The quantitative estimate of drug-likeness (QED) is 0.0928. The number of halogens is 11. The Labute approximate surface area is 380 Å². The molecule has 3 atom stereocenters. The zero-order valence-electron chi connectivity index (χ0n) is 35.2. The average Bonchev–Trinajstić information content (AvgIpc) is 3.69. The number of amides is 1. The monoisotopic (exact) mass is 1010 g/mol. The number of fused-ring (bicyclic) bond motifs is 4. The number of sulfone groups is 1. The van der Waals surface area contributed by atoms with Crippen LogP contribution in [0.4, 0.5) is 49.7 Å². The van der Waals surface area contributed by atoms with Gasteiger partial charge in [0.15, 0.2) is 21.3 Å². The van der Waals surface area contributed by atoms with Gasteiger partial charge in [-0.2, -0.15) is 45.3 Å². The molecule has 67 heavy (non-hydrogen) atoms. The third kappa shape index (κ3) is 9.80. The minimum absolute atomic E-state index is 0.210. The highest BCUT2D eigenvalue weighted by molar-refractivity contribution is 7.92. The molecule has 2 N–H and O–H groups in total. The summed E-state index contributed by atoms with van der Waals surface area (Å²) in [6, 6.07) is 5.11. The highest BCUT2D eigenvalue weighted by atomic mass is 35.5. The van der Waals surface area contributed by atoms with E-state index in [1.165, 1.54) is 26.0 Å². The summed E-state index contributed by atoms with van der Waals surface area (Å²) in [5, 5.41) is 18.8. The summed E-state index contributed by atoms with van der Waals surface area (Å²) in [5.74, 6) is -5.54. The number of hydrogen-bond donors (Lipinski definition) is 2. The van der Waals surface area contributed by atoms with E-state index in [-0.39, 0.29) is 38.5 Å². The van der Waals surface area contributed by atoms with Crippen LogP contribution < -0.4 is 9.62 Å². The number of aliphatic hydroxyl groups excluding tert-OH is 1. The lowest BCUT2D eigenvalue weighted by Crippen LogP contribution is -2.35. The Morgan fingerprint density at radius 1 is 0.985 bits per heavy atom. The van der Waals surface area contributed by atoms with E-state index in [4.69, 9.17) is 11.6 Å². The number of benzene rings is 2. The van der Waals surface area contributed by atoms with Gasteiger partial charge in [-0.3, -0.25) is 14.2 Å². The van der Waals surface area contributed by atoms with Crippen molar-refractivity contribution in [3.05, 3.63) is 93.0 Å². The third-order valence-corrected chi connectivity index (χ3v) is 14.7. The molecular weight excluding hydrogens is 976 g/mol. The number of sulfonamides is 1. The number of alkyl halides is 8. The molecule has 5 aromatic rings. The highest BCUT2D eigenvalue weighted by Gasteiger charge is 2.68. The van der Waals surface area contributed by atoms with Crippen molar-refractivity contribution in [2.75, 3.05) is 30.0 Å². The fourth-order valence-corrected chi connectivity index (χ4v) is 9.28. The standard InChI is InChI=1S/C41H36ClF10N7O6S2/c1-38(2,66(3,62)63)10-9-23-5-6-24(25-7-8-28(42)32-34(25)58(19-39(45,46)47)56-37(32)59(11-12-60)67(4,64)65)33(53-23)29(15-20-13-21(43)16-22(44)14-20)54-30(61)18-57-36-31(35(55-57)41(50,51)52)26-17-27(26)40(36,48)49/h5-8,13-14,16,26-27,29,60H,11-12,15,17-19H2,1-4H3,(H,54,61)/t26?,27-,29+/m1/s1. The molecule has 0 aliphatic heterocycles. The van der Waals surface area contributed by atoms with Gasteiger partial charge in [-0.05, 0) is 74.4 Å². The van der Waals surface area contributed by atoms with Crippen molar-refractivity contribution < 1.29 is 70.6 Å². The Kier molecular flexibility index (Phi) is 12.5. The summed E-state index contributed by atoms with van der Waals surface area (Å²) < 4.78 is 196. The Bertz CT molecular complexity index is 3110. The molecule has 26 heteroatoms. The lowest BCUT2D eigenvalue weighted by atomic mass is 9.93. The second-order valence-electron chi connectivity index (χ2n) is 16.6. The van der Waals surface area contributed by atoms with Crippen LogP contribution in [0, 0.1) is 29.4 Å². The fourth-order valence-electron chi connectivity index (χ4n) is 7.95. The number of carbonyl (C=O) groups is 1. The zero-order chi connectivity index (χ0) is 49.6. The fraction of sp³-hybridized carbons (Fsp3) is 0.415. The first kappa shape index (κ1) is 49.5. The maximum Gasteiger partial charge on any atom is 0.435 e. The van der Waals surface area contributed by atoms with Crippen molar-refractivity contribution in [2.24, 2.45) is 5.92 Å². The molecule has 1 fully saturated rings. The van der Waals surface area contributed by atoms with Crippen LogP contribution in [0.2, 0.25) is 5.02 Å². The van der Waals surface area contributed by atoms with Gasteiger partial charge in [0.25, 0.3) is 5.92 Å². The van der Waals surface area contributed by atoms with Crippen LogP contribution in [0.15, 0.2) is 42.5 Å². The number of pyridine rings is 1. The number of nitrogens with one attached hydrogen (secondary N) is 1. The first-order chi connectivity index (χ1) is 30.8. The van der Waals surface area contributed by atoms with Crippen LogP contribution in [-0.2, 0) is 56.3 Å². The maximum absolute atomic E-state index is 15.5. The molecule has 360 valence electrons. The molecular formula is C41H36ClF10N7O6S2. The van der Waals surface area contributed by atoms with Crippen LogP contribution in [0.1, 0.15) is 66.1 Å². The molecule has 0 saturated heterocycles. The van der Waals surface area contributed by atoms with E-state index in [1.807, 2.05) is 0 Å². The number of hydrogen-bond acceptors (Lipinski definition) is 9. The van der Waals surface area contributed by atoms with Gasteiger partial charge in [-0.15, -0.1) is 0 Å². The van der Waals surface area contributed by atoms with Crippen molar-refractivity contribution in [3.8, 4) is 23.0 Å². The Hall–Kier alpha value is -5.45. The topological polar surface area (TPSA) is 169 Å². The minimum Gasteiger partial charge on any atom is -0.394 e. The SMILES string of the molecule is CC(C)(C#Cc1ccc(-c2ccc(Cl)c3c(N(CCO)S(C)(=O)=O)nn(CC(F)(F)F)c23)c([C@H](Cc2cc(F)cc(F)c2)NC(=O)Cn2nc(C(F)(F)F)c3c2C(F)(F)[C@@H]2CC32)n1)S(C)(=O)=O. The molecule has 3 aromatic heterocycles. The minimum atomic E-state index is -5.20. The van der Waals surface area contributed by atoms with E-state index < -0.39 is 150 Å². The van der Waals surface area contributed by atoms with Crippen LogP contribution >= 0.6 is 11.6 Å². The summed E-state index contributed by atoms with van der Waals surface area (Å²) in [4.78, 5) is 18.6. The Balaban J connectivity index is 1.48. The smallest absolute Gasteiger partial charge is 0.394 e. The normalized spacial score (nSPS) is 17.4. The molecule has 2 aliphatic carbocycles. The van der Waals surface area contributed by atoms with E-state index in [2.05, 4.69) is 32.3 Å². The molecule has 0 bridgehead atoms. The van der Waals surface area contributed by atoms with Crippen LogP contribution in [0.25, 0.3) is 22.0 Å². The lowest BCUT2D eigenvalue weighted by molar-refractivity contribution is -0.143. The Morgan fingerprint density at radius 3 is 2.21 bits per heavy atom. The molecule has 13 nitrogen and oxygen atoms in total. The molecule has 1 saturated carbocycles. The lowest BCUT2D eigenvalue weighted by Gasteiger charge is -2.23. The number of nitrogens with zero attached hydrogens (tertiary/aromatic N) is 6. The van der Waals surface area contributed by atoms with E-state index >= 15 is 8.78 Å². The predicted octanol–water partition coefficient (Wildman–Crippen LogP) is 7.05. The second kappa shape index (κ2) is 17.0. The number of carbonyl (C=O) groups excluding carboxylic acids is 1. The third-order valence-electron chi connectivity index (χ3n) is 11.2. The van der Waals surface area contributed by atoms with Crippen molar-refractivity contribution in [1.29, 1.82) is 0 Å². The van der Waals surface area contributed by atoms with Crippen LogP contribution in [0.3, 0.4) is 0 Å². The van der Waals surface area contributed by atoms with Crippen molar-refractivity contribution in [1.82, 2.24) is 29.9 Å². The summed E-state index contributed by atoms with van der Waals surface area (Å²) in [6.45, 7) is -2.16. The van der Waals surface area contributed by atoms with Gasteiger partial charge in [0.2, 0.25) is 15.9 Å². The number of rotatable bonds is 13. The first-order valence-electron chi connectivity index (χ1n) is 19.7. The molecule has 1 unspecified atom stereocenters. The van der Waals surface area contributed by atoms with Gasteiger partial charge in [-0.25, -0.2) is 34.9 Å². The van der Waals surface area contributed by atoms with E-state index in [1.54, 1.807) is 0 Å². The first-order valence-corrected chi connectivity index (χ1v) is 23.8. The molecule has 1 amide bonds. The maximum atomic E-state index is 15.5. The number of anilines is 1. The van der Waals surface area contributed by atoms with Crippen molar-refractivity contribution in [2.45, 2.75) is 74.8 Å². The molecule has 2 aromatic carbocycles. The summed E-state index contributed by atoms with van der Waals surface area (Å²) in [5.41, 5.74) is -5.39. The highest BCUT2D eigenvalue weighted by Crippen LogP contribution is 2.68. The second-order valence-corrected chi connectivity index (χ2v) is 21.5. The molecule has 3 heterocycles. The van der Waals surface area contributed by atoms with Gasteiger partial charge < -0.3 is 10.4 Å². The van der Waals surface area contributed by atoms with E-state index in [0.29, 0.717) is 21.3 Å². The van der Waals surface area contributed by atoms with E-state index in [9.17, 15) is 61.9 Å². The van der Waals surface area contributed by atoms with E-state index in [0.717, 1.165) is 30.5 Å². The van der Waals surface area contributed by atoms with Gasteiger partial charge in [0.1, 0.15) is 40.9 Å². The largest absolute Gasteiger partial charge is 0.435 e. The number of aromatic nitrogens is 5. The molecule has 0 spiro atoms. The number of aliphatic hydroxyl groups is 1. The van der Waals surface area contributed by atoms with Crippen LogP contribution in [0.5, 0.6) is 0 Å². The molecule has 7 rings (SSSR count). The molecule has 2 aliphatic rings. The van der Waals surface area contributed by atoms with Crippen molar-refractivity contribution >= 4 is 54.1 Å². The summed E-state index contributed by atoms with van der Waals surface area (Å²) in [6.07, 6.45) is -9.57. The van der Waals surface area contributed by atoms with Gasteiger partial charge in [0.05, 0.1) is 47.1 Å². The summed E-state index contributed by atoms with van der Waals surface area (Å²) >= 11 is 6.57. The Morgan fingerprint density at radius 2 is 1.63 bits per heavy atom. The van der Waals surface area contributed by atoms with Gasteiger partial charge in [-0.1, -0.05) is 23.6 Å². The molecule has 0 radical (unpaired) electrons.